The van der Waals surface area contributed by atoms with Crippen molar-refractivity contribution in [3.63, 3.8) is 0 Å². The number of β-amino-alcohol motifs (C(OH)–C–C–N with tert-alkyl or cyclic N) is 1. The van der Waals surface area contributed by atoms with Crippen molar-refractivity contribution in [3.05, 3.63) is 82.3 Å². The molecule has 1 spiro atoms. The number of nitrogens with zero attached hydrogens (tertiary/aromatic N) is 4. The number of aryl methyl sites for hydroxylation is 1. The molecule has 1 aliphatic carbocycles. The summed E-state index contributed by atoms with van der Waals surface area (Å²) in [6.07, 6.45) is 11.0. The predicted molar refractivity (Wildman–Crippen MR) is 216 cm³/mol. The summed E-state index contributed by atoms with van der Waals surface area (Å²) in [6, 6.07) is 2.86. The molecule has 2 aromatic rings. The van der Waals surface area contributed by atoms with E-state index in [2.05, 4.69) is 15.3 Å². The number of aliphatic hydroxyl groups excluding tert-OH is 4. The Morgan fingerprint density at radius 1 is 1.12 bits per heavy atom. The second-order valence-electron chi connectivity index (χ2n) is 17.2. The van der Waals surface area contributed by atoms with E-state index >= 15 is 0 Å². The van der Waals surface area contributed by atoms with Gasteiger partial charge in [-0.2, -0.15) is 0 Å². The van der Waals surface area contributed by atoms with Crippen molar-refractivity contribution in [3.8, 4) is 5.75 Å². The molecule has 1 amide bonds. The largest absolute Gasteiger partial charge is 0.482 e. The van der Waals surface area contributed by atoms with Gasteiger partial charge in [0.15, 0.2) is 16.8 Å². The van der Waals surface area contributed by atoms with E-state index in [1.165, 1.54) is 6.07 Å². The molecule has 6 N–H and O–H groups in total. The molecule has 1 aromatic heterocycles. The standard InChI is InChI=1S/C43H51N5O11/c1-24-15-32(50)28-16-26-17-35(59-56-22-34(52)43(55,39(53)33(51)21-49)23-47-14-8-29-31(47)7-13-44-29)41(2,11-5-27-18-46-40(54)42(27)9-3-4-10-42)58-37(26)36(38(28)57-24)48-19-25-6-12-45-30(25)20-48/h6-8,12-16,19,27,31,33-35,39,49,51-53,55H,3-5,9-11,17-18,20-23H2,1-2H3,(H,46,54)/t27-,31?,33-,34+,35-,39-,41-,43-/m1/s1. The molecule has 8 atom stereocenters. The Bertz CT molecular complexity index is 2280. The highest BCUT2D eigenvalue weighted by atomic mass is 17.2. The quantitative estimate of drug-likeness (QED) is 0.119. The second-order valence-corrected chi connectivity index (χ2v) is 17.2. The van der Waals surface area contributed by atoms with E-state index in [1.54, 1.807) is 48.6 Å². The lowest BCUT2D eigenvalue weighted by molar-refractivity contribution is -0.365. The van der Waals surface area contributed by atoms with Crippen LogP contribution in [-0.2, 0) is 21.0 Å². The smallest absolute Gasteiger partial charge is 0.226 e. The number of aliphatic imine (C=N–C) groups is 2. The predicted octanol–water partition coefficient (Wildman–Crippen LogP) is 1.84. The Morgan fingerprint density at radius 2 is 1.93 bits per heavy atom. The average molecular weight is 814 g/mol. The molecular weight excluding hydrogens is 762 g/mol. The van der Waals surface area contributed by atoms with E-state index in [9.17, 15) is 35.1 Å². The maximum atomic E-state index is 13.5. The van der Waals surface area contributed by atoms with Crippen molar-refractivity contribution < 1.29 is 49.3 Å². The van der Waals surface area contributed by atoms with Crippen LogP contribution in [0.1, 0.15) is 56.8 Å². The van der Waals surface area contributed by atoms with Crippen LogP contribution in [0.3, 0.4) is 0 Å². The Labute approximate surface area is 340 Å². The van der Waals surface area contributed by atoms with Gasteiger partial charge in [-0.25, -0.2) is 9.78 Å². The van der Waals surface area contributed by atoms with Crippen LogP contribution in [0.4, 0.5) is 5.69 Å². The van der Waals surface area contributed by atoms with Crippen LogP contribution in [0.25, 0.3) is 11.0 Å². The maximum absolute atomic E-state index is 13.5. The van der Waals surface area contributed by atoms with Gasteiger partial charge in [0.1, 0.15) is 53.7 Å². The number of ether oxygens (including phenoxy) is 1. The number of aliphatic hydroxyl groups is 5. The number of carbonyl (C=O) groups excluding carboxylic acids is 1. The van der Waals surface area contributed by atoms with Gasteiger partial charge in [0.2, 0.25) is 5.91 Å². The third-order valence-corrected chi connectivity index (χ3v) is 13.6. The van der Waals surface area contributed by atoms with E-state index in [1.807, 2.05) is 24.1 Å². The van der Waals surface area contributed by atoms with E-state index < -0.39 is 54.2 Å². The van der Waals surface area contributed by atoms with Crippen LogP contribution < -0.4 is 20.4 Å². The van der Waals surface area contributed by atoms with Gasteiger partial charge in [-0.05, 0) is 69.7 Å². The SMILES string of the molecule is Cc1cc(=O)c2cc3c(c(N4C=C5C=CN=C5C4)c2o1)O[C@](C)(CC[C@@H]1CNC(=O)C12CCCC2)[C@H](OOC[C@H](O)[C@](O)(CN1C=CC2=NC=CC21)[C@H](O)[C@H](O)CO)C3. The zero-order chi connectivity index (χ0) is 41.3. The first-order chi connectivity index (χ1) is 28.3. The lowest BCUT2D eigenvalue weighted by Crippen LogP contribution is -2.64. The number of fused-ring (bicyclic) bond motifs is 4. The zero-order valence-electron chi connectivity index (χ0n) is 33.1. The van der Waals surface area contributed by atoms with Crippen molar-refractivity contribution in [1.29, 1.82) is 0 Å². The molecule has 2 fully saturated rings. The summed E-state index contributed by atoms with van der Waals surface area (Å²) in [4.78, 5) is 51.2. The summed E-state index contributed by atoms with van der Waals surface area (Å²) in [5.41, 5.74) is 0.0334. The first kappa shape index (κ1) is 39.8. The molecular formula is C43H51N5O11. The molecule has 1 saturated heterocycles. The molecule has 16 nitrogen and oxygen atoms in total. The fraction of sp³-hybridized carbons (Fsp3) is 0.535. The minimum Gasteiger partial charge on any atom is -0.482 e. The fourth-order valence-electron chi connectivity index (χ4n) is 10.1. The number of amides is 1. The van der Waals surface area contributed by atoms with Crippen molar-refractivity contribution in [1.82, 2.24) is 10.2 Å². The van der Waals surface area contributed by atoms with Gasteiger partial charge in [0, 0.05) is 55.0 Å². The molecule has 7 heterocycles. The van der Waals surface area contributed by atoms with E-state index in [4.69, 9.17) is 18.9 Å². The Balaban J connectivity index is 1.03. The minimum absolute atomic E-state index is 0.0706. The van der Waals surface area contributed by atoms with Crippen LogP contribution >= 0.6 is 0 Å². The lowest BCUT2D eigenvalue weighted by Gasteiger charge is -2.44. The minimum atomic E-state index is -2.40. The summed E-state index contributed by atoms with van der Waals surface area (Å²) in [6.45, 7) is 2.79. The second kappa shape index (κ2) is 15.1. The number of allylic oxidation sites excluding steroid dienone is 1. The molecule has 314 valence electrons. The highest BCUT2D eigenvalue weighted by Crippen LogP contribution is 2.52. The van der Waals surface area contributed by atoms with Crippen LogP contribution in [0.2, 0.25) is 0 Å². The third kappa shape index (κ3) is 6.74. The summed E-state index contributed by atoms with van der Waals surface area (Å²) in [5.74, 6) is 1.14. The van der Waals surface area contributed by atoms with Gasteiger partial charge >= 0.3 is 0 Å². The Kier molecular flexibility index (Phi) is 10.2. The fourth-order valence-corrected chi connectivity index (χ4v) is 10.1. The van der Waals surface area contributed by atoms with E-state index in [-0.39, 0.29) is 36.3 Å². The van der Waals surface area contributed by atoms with Crippen molar-refractivity contribution in [2.45, 2.75) is 100 Å². The normalized spacial score (nSPS) is 28.6. The number of carbonyl (C=O) groups is 1. The molecule has 1 saturated carbocycles. The van der Waals surface area contributed by atoms with Crippen molar-refractivity contribution >= 4 is 34.0 Å². The highest BCUT2D eigenvalue weighted by Gasteiger charge is 2.54. The molecule has 1 aromatic carbocycles. The number of nitrogens with one attached hydrogen (secondary N) is 1. The topological polar surface area (TPSA) is 219 Å². The Morgan fingerprint density at radius 3 is 2.71 bits per heavy atom. The monoisotopic (exact) mass is 813 g/mol. The molecule has 6 aliphatic heterocycles. The summed E-state index contributed by atoms with van der Waals surface area (Å²) in [5, 5.41) is 58.2. The van der Waals surface area contributed by atoms with Crippen molar-refractivity contribution in [2.24, 2.45) is 21.3 Å². The van der Waals surface area contributed by atoms with E-state index in [0.717, 1.165) is 37.0 Å². The van der Waals surface area contributed by atoms with Crippen LogP contribution in [0.15, 0.2) is 79.9 Å². The van der Waals surface area contributed by atoms with Crippen LogP contribution in [0.5, 0.6) is 5.75 Å². The molecule has 1 unspecified atom stereocenters. The number of hydrogen-bond donors (Lipinski definition) is 6. The summed E-state index contributed by atoms with van der Waals surface area (Å²) in [7, 11) is 0. The number of benzene rings is 1. The maximum Gasteiger partial charge on any atom is 0.226 e. The molecule has 0 radical (unpaired) electrons. The summed E-state index contributed by atoms with van der Waals surface area (Å²) < 4.78 is 13.4. The Hall–Kier alpha value is -4.68. The van der Waals surface area contributed by atoms with Gasteiger partial charge < -0.3 is 49.8 Å². The summed E-state index contributed by atoms with van der Waals surface area (Å²) >= 11 is 0. The van der Waals surface area contributed by atoms with Gasteiger partial charge in [-0.15, -0.1) is 0 Å². The molecule has 9 rings (SSSR count). The lowest BCUT2D eigenvalue weighted by atomic mass is 9.72. The average Bonchev–Trinajstić information content (AvgIpc) is 4.07. The number of anilines is 1. The number of hydrogen-bond acceptors (Lipinski definition) is 15. The van der Waals surface area contributed by atoms with Gasteiger partial charge in [-0.1, -0.05) is 12.8 Å². The van der Waals surface area contributed by atoms with Gasteiger partial charge in [0.05, 0.1) is 48.0 Å². The molecule has 16 heteroatoms. The van der Waals surface area contributed by atoms with Gasteiger partial charge in [0.25, 0.3) is 0 Å². The first-order valence-corrected chi connectivity index (χ1v) is 20.5. The first-order valence-electron chi connectivity index (χ1n) is 20.5. The molecule has 59 heavy (non-hydrogen) atoms. The van der Waals surface area contributed by atoms with Crippen molar-refractivity contribution in [2.75, 3.05) is 37.7 Å². The zero-order valence-corrected chi connectivity index (χ0v) is 33.1. The third-order valence-electron chi connectivity index (χ3n) is 13.6. The number of rotatable bonds is 14. The van der Waals surface area contributed by atoms with Crippen LogP contribution in [0, 0.1) is 18.3 Å². The molecule has 7 aliphatic rings. The highest BCUT2D eigenvalue weighted by molar-refractivity contribution is 6.12. The van der Waals surface area contributed by atoms with Crippen LogP contribution in [-0.4, -0.2) is 122 Å². The van der Waals surface area contributed by atoms with Gasteiger partial charge in [-0.3, -0.25) is 19.6 Å². The van der Waals surface area contributed by atoms with E-state index in [0.29, 0.717) is 65.4 Å². The molecule has 0 bridgehead atoms.